The van der Waals surface area contributed by atoms with Gasteiger partial charge in [0.15, 0.2) is 0 Å². The summed E-state index contributed by atoms with van der Waals surface area (Å²) in [6, 6.07) is 0. The molecule has 2 atom stereocenters. The van der Waals surface area contributed by atoms with Gasteiger partial charge in [-0.3, -0.25) is 4.79 Å². The first kappa shape index (κ1) is 7.08. The zero-order chi connectivity index (χ0) is 8.06. The minimum absolute atomic E-state index is 0.275. The number of rotatable bonds is 1. The third kappa shape index (κ3) is 0.688. The maximum absolute atomic E-state index is 11.3. The van der Waals surface area contributed by atoms with E-state index in [1.165, 1.54) is 0 Å². The molecule has 1 heteroatoms. The fourth-order valence-corrected chi connectivity index (χ4v) is 2.42. The van der Waals surface area contributed by atoms with Crippen LogP contribution in [0.1, 0.15) is 26.7 Å². The molecule has 0 aromatic rings. The van der Waals surface area contributed by atoms with E-state index in [2.05, 4.69) is 26.0 Å². The Hall–Kier alpha value is -0.590. The molecule has 0 heterocycles. The third-order valence-corrected chi connectivity index (χ3v) is 3.40. The van der Waals surface area contributed by atoms with E-state index in [9.17, 15) is 4.79 Å². The highest BCUT2D eigenvalue weighted by molar-refractivity contribution is 5.88. The van der Waals surface area contributed by atoms with E-state index in [-0.39, 0.29) is 11.3 Å². The number of ketones is 1. The van der Waals surface area contributed by atoms with E-state index in [0.717, 1.165) is 12.8 Å². The van der Waals surface area contributed by atoms with Crippen LogP contribution >= 0.6 is 0 Å². The molecule has 0 aromatic heterocycles. The van der Waals surface area contributed by atoms with Gasteiger partial charge in [0, 0.05) is 17.8 Å². The van der Waals surface area contributed by atoms with Gasteiger partial charge in [-0.1, -0.05) is 26.0 Å². The molecule has 1 saturated carbocycles. The maximum atomic E-state index is 11.3. The van der Waals surface area contributed by atoms with E-state index in [0.29, 0.717) is 11.7 Å². The van der Waals surface area contributed by atoms with Crippen molar-refractivity contribution < 1.29 is 4.79 Å². The van der Waals surface area contributed by atoms with E-state index >= 15 is 0 Å². The molecule has 2 aliphatic rings. The molecular weight excluding hydrogens is 136 g/mol. The van der Waals surface area contributed by atoms with Crippen LogP contribution in [0.2, 0.25) is 0 Å². The van der Waals surface area contributed by atoms with Crippen molar-refractivity contribution in [1.29, 1.82) is 0 Å². The van der Waals surface area contributed by atoms with Crippen molar-refractivity contribution in [2.75, 3.05) is 0 Å². The summed E-state index contributed by atoms with van der Waals surface area (Å²) < 4.78 is 0. The molecule has 0 aliphatic heterocycles. The summed E-state index contributed by atoms with van der Waals surface area (Å²) in [5.74, 6) is 1.37. The van der Waals surface area contributed by atoms with Crippen molar-refractivity contribution in [3.63, 3.8) is 0 Å². The van der Waals surface area contributed by atoms with Crippen LogP contribution in [-0.4, -0.2) is 5.78 Å². The van der Waals surface area contributed by atoms with Gasteiger partial charge in [-0.15, -0.1) is 0 Å². The van der Waals surface area contributed by atoms with Crippen LogP contribution in [0.3, 0.4) is 0 Å². The molecule has 11 heavy (non-hydrogen) atoms. The predicted octanol–water partition coefficient (Wildman–Crippen LogP) is 2.18. The second kappa shape index (κ2) is 1.96. The molecule has 0 amide bonds. The summed E-state index contributed by atoms with van der Waals surface area (Å²) in [5, 5.41) is 0. The average molecular weight is 150 g/mol. The molecule has 0 N–H and O–H groups in total. The fraction of sp³-hybridized carbons (Fsp3) is 0.700. The Labute approximate surface area is 67.5 Å². The molecule has 1 fully saturated rings. The van der Waals surface area contributed by atoms with Crippen molar-refractivity contribution in [2.45, 2.75) is 26.7 Å². The van der Waals surface area contributed by atoms with Gasteiger partial charge >= 0.3 is 0 Å². The quantitative estimate of drug-likeness (QED) is 0.523. The zero-order valence-electron chi connectivity index (χ0n) is 7.13. The second-order valence-corrected chi connectivity index (χ2v) is 4.07. The maximum Gasteiger partial charge on any atom is 0.140 e. The van der Waals surface area contributed by atoms with Gasteiger partial charge in [-0.25, -0.2) is 0 Å². The Kier molecular flexibility index (Phi) is 1.26. The van der Waals surface area contributed by atoms with Crippen LogP contribution in [0.25, 0.3) is 0 Å². The number of carbonyl (C=O) groups is 1. The van der Waals surface area contributed by atoms with E-state index in [4.69, 9.17) is 0 Å². The summed E-state index contributed by atoms with van der Waals surface area (Å²) in [6.45, 7) is 4.43. The highest BCUT2D eigenvalue weighted by Crippen LogP contribution is 2.54. The molecule has 2 unspecified atom stereocenters. The first-order valence-corrected chi connectivity index (χ1v) is 4.39. The lowest BCUT2D eigenvalue weighted by molar-refractivity contribution is -0.121. The molecule has 0 radical (unpaired) electrons. The van der Waals surface area contributed by atoms with Gasteiger partial charge in [0.25, 0.3) is 0 Å². The highest BCUT2D eigenvalue weighted by Gasteiger charge is 2.51. The summed E-state index contributed by atoms with van der Waals surface area (Å²) >= 11 is 0. The van der Waals surface area contributed by atoms with Crippen LogP contribution in [-0.2, 0) is 4.79 Å². The lowest BCUT2D eigenvalue weighted by Gasteiger charge is -2.40. The number of hydrogen-bond acceptors (Lipinski definition) is 1. The van der Waals surface area contributed by atoms with Crippen LogP contribution < -0.4 is 0 Å². The molecule has 2 rings (SSSR count). The zero-order valence-corrected chi connectivity index (χ0v) is 7.13. The van der Waals surface area contributed by atoms with Crippen molar-refractivity contribution >= 4 is 5.78 Å². The first-order valence-electron chi connectivity index (χ1n) is 4.39. The van der Waals surface area contributed by atoms with E-state index in [1.54, 1.807) is 0 Å². The smallest absolute Gasteiger partial charge is 0.140 e. The Morgan fingerprint density at radius 1 is 1.64 bits per heavy atom. The van der Waals surface area contributed by atoms with Gasteiger partial charge in [0.1, 0.15) is 5.78 Å². The molecule has 2 aliphatic carbocycles. The lowest BCUT2D eigenvalue weighted by atomic mass is 9.62. The molecule has 60 valence electrons. The number of fused-ring (bicyclic) bond motifs is 1. The highest BCUT2D eigenvalue weighted by atomic mass is 16.1. The molecule has 0 saturated heterocycles. The summed E-state index contributed by atoms with van der Waals surface area (Å²) in [4.78, 5) is 11.3. The van der Waals surface area contributed by atoms with Crippen LogP contribution in [0.15, 0.2) is 12.2 Å². The molecule has 0 bridgehead atoms. The van der Waals surface area contributed by atoms with Crippen LogP contribution in [0, 0.1) is 17.3 Å². The summed E-state index contributed by atoms with van der Waals surface area (Å²) in [5.41, 5.74) is 0.275. The van der Waals surface area contributed by atoms with Gasteiger partial charge in [-0.2, -0.15) is 0 Å². The van der Waals surface area contributed by atoms with Crippen molar-refractivity contribution in [3.05, 3.63) is 12.2 Å². The topological polar surface area (TPSA) is 17.1 Å². The number of allylic oxidation sites excluding steroid dienone is 2. The van der Waals surface area contributed by atoms with E-state index < -0.39 is 0 Å². The number of Topliss-reactive ketones (excluding diaryl/α,β-unsaturated/α-hetero) is 1. The fourth-order valence-electron chi connectivity index (χ4n) is 2.42. The van der Waals surface area contributed by atoms with Crippen molar-refractivity contribution in [2.24, 2.45) is 17.3 Å². The largest absolute Gasteiger partial charge is 0.299 e. The normalized spacial score (nSPS) is 41.0. The van der Waals surface area contributed by atoms with Crippen LogP contribution in [0.5, 0.6) is 0 Å². The first-order chi connectivity index (χ1) is 5.17. The molecular formula is C10H14O. The second-order valence-electron chi connectivity index (χ2n) is 4.07. The monoisotopic (exact) mass is 150 g/mol. The Balaban J connectivity index is 2.30. The average Bonchev–Trinajstić information content (AvgIpc) is 2.04. The third-order valence-electron chi connectivity index (χ3n) is 3.40. The molecule has 1 nitrogen and oxygen atoms in total. The van der Waals surface area contributed by atoms with Crippen molar-refractivity contribution in [1.82, 2.24) is 0 Å². The Bertz CT molecular complexity index is 227. The lowest BCUT2D eigenvalue weighted by Crippen LogP contribution is -2.36. The standard InChI is InChI=1S/C10H14O/c1-7(2)10-5-3-8(10)9(11)4-6-10/h3,5,7-8H,4,6H2,1-2H3. The van der Waals surface area contributed by atoms with Crippen molar-refractivity contribution in [3.8, 4) is 0 Å². The SMILES string of the molecule is CC(C)C12C=CC1C(=O)CC2. The number of carbonyl (C=O) groups excluding carboxylic acids is 1. The van der Waals surface area contributed by atoms with Gasteiger partial charge in [0.2, 0.25) is 0 Å². The Morgan fingerprint density at radius 3 is 2.64 bits per heavy atom. The molecule has 0 spiro atoms. The molecule has 0 aromatic carbocycles. The Morgan fingerprint density at radius 2 is 2.36 bits per heavy atom. The van der Waals surface area contributed by atoms with Gasteiger partial charge < -0.3 is 0 Å². The summed E-state index contributed by atoms with van der Waals surface area (Å²) in [6.07, 6.45) is 6.21. The predicted molar refractivity (Wildman–Crippen MR) is 44.1 cm³/mol. The number of hydrogen-bond donors (Lipinski definition) is 0. The minimum atomic E-state index is 0.275. The van der Waals surface area contributed by atoms with Crippen LogP contribution in [0.4, 0.5) is 0 Å². The summed E-state index contributed by atoms with van der Waals surface area (Å²) in [7, 11) is 0. The van der Waals surface area contributed by atoms with Gasteiger partial charge in [0.05, 0.1) is 0 Å². The van der Waals surface area contributed by atoms with E-state index in [1.807, 2.05) is 0 Å². The van der Waals surface area contributed by atoms with Gasteiger partial charge in [-0.05, 0) is 12.3 Å². The minimum Gasteiger partial charge on any atom is -0.299 e.